The molecule has 9 nitrogen and oxygen atoms in total. The van der Waals surface area contributed by atoms with Gasteiger partial charge < -0.3 is 10.1 Å². The summed E-state index contributed by atoms with van der Waals surface area (Å²) < 4.78 is 36.4. The maximum Gasteiger partial charge on any atom is 0.342 e. The maximum absolute atomic E-state index is 12.8. The van der Waals surface area contributed by atoms with E-state index in [-0.39, 0.29) is 28.8 Å². The van der Waals surface area contributed by atoms with Crippen molar-refractivity contribution >= 4 is 21.0 Å². The first-order chi connectivity index (χ1) is 9.90. The predicted octanol–water partition coefficient (Wildman–Crippen LogP) is -0.100. The topological polar surface area (TPSA) is 121 Å². The van der Waals surface area contributed by atoms with Gasteiger partial charge in [-0.25, -0.2) is 23.9 Å². The van der Waals surface area contributed by atoms with Crippen LogP contribution in [-0.4, -0.2) is 37.7 Å². The second-order valence-electron chi connectivity index (χ2n) is 3.91. The van der Waals surface area contributed by atoms with Gasteiger partial charge in [-0.05, 0) is 4.92 Å². The van der Waals surface area contributed by atoms with Crippen molar-refractivity contribution in [2.24, 2.45) is 7.05 Å². The summed E-state index contributed by atoms with van der Waals surface area (Å²) >= 11 is 0. The third-order valence-electron chi connectivity index (χ3n) is 2.64. The molecule has 2 rings (SSSR count). The van der Waals surface area contributed by atoms with Crippen LogP contribution in [0.2, 0.25) is 0 Å². The summed E-state index contributed by atoms with van der Waals surface area (Å²) in [7, 11) is -1.29. The van der Waals surface area contributed by atoms with Gasteiger partial charge in [0.15, 0.2) is 11.6 Å². The van der Waals surface area contributed by atoms with Gasteiger partial charge in [0.25, 0.3) is 0 Å². The lowest BCUT2D eigenvalue weighted by Crippen LogP contribution is -2.14. The molecule has 0 atom stereocenters. The van der Waals surface area contributed by atoms with Gasteiger partial charge in [-0.15, -0.1) is 0 Å². The SMILES string of the molecule is Cn1c([N+](=O)[O-])cnc1CC(c1ncc(F)cn1)=S(=O)=O. The highest BCUT2D eigenvalue weighted by atomic mass is 32.2. The van der Waals surface area contributed by atoms with E-state index in [1.807, 2.05) is 0 Å². The summed E-state index contributed by atoms with van der Waals surface area (Å²) in [4.78, 5) is 20.8. The van der Waals surface area contributed by atoms with Crippen molar-refractivity contribution in [1.82, 2.24) is 19.5 Å². The highest BCUT2D eigenvalue weighted by molar-refractivity contribution is 7.73. The van der Waals surface area contributed by atoms with Crippen LogP contribution in [0.4, 0.5) is 10.2 Å². The van der Waals surface area contributed by atoms with Crippen LogP contribution >= 0.6 is 0 Å². The van der Waals surface area contributed by atoms with E-state index in [4.69, 9.17) is 0 Å². The Hall–Kier alpha value is -2.69. The van der Waals surface area contributed by atoms with Crippen molar-refractivity contribution < 1.29 is 17.7 Å². The predicted molar refractivity (Wildman–Crippen MR) is 68.6 cm³/mol. The molecule has 0 saturated carbocycles. The molecule has 2 aromatic heterocycles. The number of hydrogen-bond acceptors (Lipinski definition) is 7. The molecule has 21 heavy (non-hydrogen) atoms. The number of nitrogens with zero attached hydrogens (tertiary/aromatic N) is 5. The number of hydrogen-bond donors (Lipinski definition) is 0. The van der Waals surface area contributed by atoms with Crippen molar-refractivity contribution in [2.75, 3.05) is 0 Å². The Bertz CT molecular complexity index is 820. The highest BCUT2D eigenvalue weighted by Crippen LogP contribution is 2.13. The summed E-state index contributed by atoms with van der Waals surface area (Å²) in [5.74, 6) is -1.02. The molecular weight excluding hydrogens is 305 g/mol. The lowest BCUT2D eigenvalue weighted by atomic mass is 10.2. The fraction of sp³-hybridized carbons (Fsp3) is 0.200. The van der Waals surface area contributed by atoms with E-state index in [9.17, 15) is 22.9 Å². The Balaban J connectivity index is 2.42. The second kappa shape index (κ2) is 5.75. The number of halogens is 1. The van der Waals surface area contributed by atoms with Crippen LogP contribution in [0, 0.1) is 15.9 Å². The first-order valence-electron chi connectivity index (χ1n) is 5.48. The fourth-order valence-electron chi connectivity index (χ4n) is 1.58. The van der Waals surface area contributed by atoms with Crippen LogP contribution in [-0.2, 0) is 23.8 Å². The number of aromatic nitrogens is 4. The summed E-state index contributed by atoms with van der Waals surface area (Å²) in [6, 6.07) is 0. The van der Waals surface area contributed by atoms with Crippen LogP contribution in [0.25, 0.3) is 0 Å². The third kappa shape index (κ3) is 3.08. The number of rotatable bonds is 4. The normalized spacial score (nSPS) is 10.4. The van der Waals surface area contributed by atoms with E-state index in [1.54, 1.807) is 0 Å². The molecule has 0 aromatic carbocycles. The molecular formula is C10H8FN5O4S. The molecule has 0 amide bonds. The molecule has 0 unspecified atom stereocenters. The van der Waals surface area contributed by atoms with Gasteiger partial charge in [0.05, 0.1) is 25.9 Å². The van der Waals surface area contributed by atoms with E-state index in [1.165, 1.54) is 7.05 Å². The van der Waals surface area contributed by atoms with Crippen molar-refractivity contribution in [2.45, 2.75) is 6.42 Å². The van der Waals surface area contributed by atoms with Gasteiger partial charge in [-0.3, -0.25) is 0 Å². The van der Waals surface area contributed by atoms with E-state index in [0.717, 1.165) is 23.2 Å². The molecule has 0 bridgehead atoms. The highest BCUT2D eigenvalue weighted by Gasteiger charge is 2.20. The van der Waals surface area contributed by atoms with Crippen molar-refractivity contribution in [3.8, 4) is 0 Å². The van der Waals surface area contributed by atoms with E-state index in [2.05, 4.69) is 15.0 Å². The van der Waals surface area contributed by atoms with Gasteiger partial charge in [0.2, 0.25) is 16.1 Å². The summed E-state index contributed by atoms with van der Waals surface area (Å²) in [6.07, 6.45) is 2.43. The van der Waals surface area contributed by atoms with Crippen molar-refractivity contribution in [1.29, 1.82) is 0 Å². The van der Waals surface area contributed by atoms with Gasteiger partial charge in [-0.1, -0.05) is 0 Å². The molecule has 0 fully saturated rings. The zero-order valence-corrected chi connectivity index (χ0v) is 11.4. The maximum atomic E-state index is 12.8. The minimum Gasteiger partial charge on any atom is -0.358 e. The van der Waals surface area contributed by atoms with Crippen LogP contribution in [0.15, 0.2) is 18.6 Å². The Morgan fingerprint density at radius 2 is 1.95 bits per heavy atom. The van der Waals surface area contributed by atoms with Crippen molar-refractivity contribution in [3.05, 3.63) is 46.2 Å². The van der Waals surface area contributed by atoms with Crippen LogP contribution in [0.3, 0.4) is 0 Å². The van der Waals surface area contributed by atoms with Gasteiger partial charge >= 0.3 is 5.82 Å². The first kappa shape index (κ1) is 14.7. The van der Waals surface area contributed by atoms with E-state index in [0.29, 0.717) is 0 Å². The van der Waals surface area contributed by atoms with E-state index < -0.39 is 21.0 Å². The zero-order valence-electron chi connectivity index (χ0n) is 10.6. The van der Waals surface area contributed by atoms with Gasteiger partial charge in [-0.2, -0.15) is 8.42 Å². The Labute approximate surface area is 118 Å². The largest absolute Gasteiger partial charge is 0.358 e. The minimum absolute atomic E-state index is 0.147. The summed E-state index contributed by atoms with van der Waals surface area (Å²) in [5, 5.41) is 10.7. The average molecular weight is 313 g/mol. The fourth-order valence-corrected chi connectivity index (χ4v) is 2.09. The summed E-state index contributed by atoms with van der Waals surface area (Å²) in [5.41, 5.74) is 0. The Morgan fingerprint density at radius 3 is 2.43 bits per heavy atom. The molecule has 0 saturated heterocycles. The third-order valence-corrected chi connectivity index (χ3v) is 3.37. The molecule has 0 aliphatic heterocycles. The lowest BCUT2D eigenvalue weighted by molar-refractivity contribution is -0.391. The smallest absolute Gasteiger partial charge is 0.342 e. The molecule has 0 spiro atoms. The second-order valence-corrected chi connectivity index (χ2v) is 4.87. The molecule has 0 N–H and O–H groups in total. The monoisotopic (exact) mass is 313 g/mol. The van der Waals surface area contributed by atoms with Crippen LogP contribution in [0.1, 0.15) is 11.6 Å². The molecule has 11 heteroatoms. The number of imidazole rings is 1. The summed E-state index contributed by atoms with van der Waals surface area (Å²) in [6.45, 7) is 0. The van der Waals surface area contributed by atoms with Gasteiger partial charge in [0.1, 0.15) is 11.1 Å². The zero-order chi connectivity index (χ0) is 15.6. The molecule has 2 heterocycles. The van der Waals surface area contributed by atoms with Crippen LogP contribution in [0.5, 0.6) is 0 Å². The molecule has 110 valence electrons. The number of nitro groups is 1. The standard InChI is InChI=1S/C10H8FN5O4S/c1-15-8(12-5-9(15)16(17)18)2-7(21(19)20)10-13-3-6(11)4-14-10/h3-5H,2H2,1H3. The Morgan fingerprint density at radius 1 is 1.33 bits per heavy atom. The van der Waals surface area contributed by atoms with Gasteiger partial charge in [0, 0.05) is 0 Å². The minimum atomic E-state index is -2.68. The lowest BCUT2D eigenvalue weighted by Gasteiger charge is -2.00. The molecule has 0 aliphatic rings. The quantitative estimate of drug-likeness (QED) is 0.334. The van der Waals surface area contributed by atoms with Crippen LogP contribution < -0.4 is 0 Å². The van der Waals surface area contributed by atoms with E-state index >= 15 is 0 Å². The molecule has 0 radical (unpaired) electrons. The average Bonchev–Trinajstić information content (AvgIpc) is 2.78. The first-order valence-corrected chi connectivity index (χ1v) is 6.55. The molecule has 2 aromatic rings. The molecule has 0 aliphatic carbocycles. The Kier molecular flexibility index (Phi) is 4.03. The van der Waals surface area contributed by atoms with Crippen molar-refractivity contribution in [3.63, 3.8) is 0 Å².